The molecule has 2 aromatic carbocycles. The molecule has 1 amide bonds. The lowest BCUT2D eigenvalue weighted by molar-refractivity contribution is -0.121. The molecule has 28 heavy (non-hydrogen) atoms. The Labute approximate surface area is 162 Å². The number of fused-ring (bicyclic) bond motifs is 2. The zero-order valence-corrected chi connectivity index (χ0v) is 15.5. The summed E-state index contributed by atoms with van der Waals surface area (Å²) in [4.78, 5) is 27.1. The van der Waals surface area contributed by atoms with Crippen molar-refractivity contribution in [3.8, 4) is 11.5 Å². The van der Waals surface area contributed by atoms with E-state index in [0.717, 1.165) is 40.8 Å². The summed E-state index contributed by atoms with van der Waals surface area (Å²) < 4.78 is 11.1. The first-order chi connectivity index (χ1) is 13.7. The third kappa shape index (κ3) is 4.17. The lowest BCUT2D eigenvalue weighted by atomic mass is 10.1. The van der Waals surface area contributed by atoms with Crippen molar-refractivity contribution in [1.82, 2.24) is 10.3 Å². The molecular formula is C22H22N2O4. The molecule has 144 valence electrons. The largest absolute Gasteiger partial charge is 0.486 e. The van der Waals surface area contributed by atoms with E-state index >= 15 is 0 Å². The Kier molecular flexibility index (Phi) is 5.28. The number of rotatable bonds is 6. The number of carbonyl (C=O) groups excluding carboxylic acids is 1. The van der Waals surface area contributed by atoms with Crippen molar-refractivity contribution in [3.63, 3.8) is 0 Å². The molecular weight excluding hydrogens is 356 g/mol. The SMILES string of the molecule is O=C(CCCc1ccc2c(c1)OCCO2)NCc1cc2ccccc2[nH]c1=O. The van der Waals surface area contributed by atoms with E-state index in [2.05, 4.69) is 10.3 Å². The van der Waals surface area contributed by atoms with Crippen LogP contribution in [0.5, 0.6) is 11.5 Å². The van der Waals surface area contributed by atoms with E-state index in [4.69, 9.17) is 9.47 Å². The molecule has 2 heterocycles. The number of aromatic amines is 1. The summed E-state index contributed by atoms with van der Waals surface area (Å²) in [7, 11) is 0. The number of nitrogens with one attached hydrogen (secondary N) is 2. The topological polar surface area (TPSA) is 80.4 Å². The van der Waals surface area contributed by atoms with Gasteiger partial charge in [-0.2, -0.15) is 0 Å². The number of carbonyl (C=O) groups is 1. The van der Waals surface area contributed by atoms with Gasteiger partial charge < -0.3 is 19.8 Å². The third-order valence-corrected chi connectivity index (χ3v) is 4.78. The minimum Gasteiger partial charge on any atom is -0.486 e. The van der Waals surface area contributed by atoms with Crippen LogP contribution in [-0.4, -0.2) is 24.1 Å². The predicted octanol–water partition coefficient (Wildman–Crippen LogP) is 2.94. The molecule has 2 N–H and O–H groups in total. The zero-order valence-electron chi connectivity index (χ0n) is 15.5. The normalized spacial score (nSPS) is 12.7. The van der Waals surface area contributed by atoms with Crippen LogP contribution in [0.25, 0.3) is 10.9 Å². The van der Waals surface area contributed by atoms with Crippen LogP contribution in [-0.2, 0) is 17.8 Å². The van der Waals surface area contributed by atoms with Crippen molar-refractivity contribution >= 4 is 16.8 Å². The van der Waals surface area contributed by atoms with E-state index < -0.39 is 0 Å². The van der Waals surface area contributed by atoms with Crippen LogP contribution in [0, 0.1) is 0 Å². The van der Waals surface area contributed by atoms with Gasteiger partial charge in [0.1, 0.15) is 13.2 Å². The summed E-state index contributed by atoms with van der Waals surface area (Å²) in [5, 5.41) is 3.79. The first-order valence-corrected chi connectivity index (χ1v) is 9.45. The summed E-state index contributed by atoms with van der Waals surface area (Å²) in [6.45, 7) is 1.36. The Morgan fingerprint density at radius 3 is 2.75 bits per heavy atom. The van der Waals surface area contributed by atoms with Crippen LogP contribution in [0.1, 0.15) is 24.0 Å². The zero-order chi connectivity index (χ0) is 19.3. The van der Waals surface area contributed by atoms with Gasteiger partial charge >= 0.3 is 0 Å². The Balaban J connectivity index is 1.28. The van der Waals surface area contributed by atoms with Crippen molar-refractivity contribution in [2.24, 2.45) is 0 Å². The molecule has 0 fully saturated rings. The number of aromatic nitrogens is 1. The van der Waals surface area contributed by atoms with E-state index in [9.17, 15) is 9.59 Å². The van der Waals surface area contributed by atoms with Gasteiger partial charge in [0.15, 0.2) is 11.5 Å². The van der Waals surface area contributed by atoms with Crippen molar-refractivity contribution in [1.29, 1.82) is 0 Å². The Hall–Kier alpha value is -3.28. The fraction of sp³-hybridized carbons (Fsp3) is 0.273. The van der Waals surface area contributed by atoms with Crippen LogP contribution in [0.2, 0.25) is 0 Å². The maximum absolute atomic E-state index is 12.1. The maximum Gasteiger partial charge on any atom is 0.253 e. The molecule has 1 aliphatic rings. The molecule has 0 aliphatic carbocycles. The van der Waals surface area contributed by atoms with Gasteiger partial charge in [-0.1, -0.05) is 24.3 Å². The molecule has 0 spiro atoms. The highest BCUT2D eigenvalue weighted by atomic mass is 16.6. The first kappa shape index (κ1) is 18.1. The number of hydrogen-bond acceptors (Lipinski definition) is 4. The second-order valence-electron chi connectivity index (χ2n) is 6.82. The van der Waals surface area contributed by atoms with Gasteiger partial charge in [0.05, 0.1) is 0 Å². The minimum absolute atomic E-state index is 0.0647. The highest BCUT2D eigenvalue weighted by Gasteiger charge is 2.12. The first-order valence-electron chi connectivity index (χ1n) is 9.45. The molecule has 0 bridgehead atoms. The summed E-state index contributed by atoms with van der Waals surface area (Å²) in [6, 6.07) is 15.3. The molecule has 1 aromatic heterocycles. The molecule has 0 saturated carbocycles. The van der Waals surface area contributed by atoms with Crippen molar-refractivity contribution in [3.05, 3.63) is 70.0 Å². The number of benzene rings is 2. The highest BCUT2D eigenvalue weighted by Crippen LogP contribution is 2.31. The summed E-state index contributed by atoms with van der Waals surface area (Å²) in [6.07, 6.45) is 1.90. The van der Waals surface area contributed by atoms with E-state index in [1.165, 1.54) is 0 Å². The lowest BCUT2D eigenvalue weighted by Crippen LogP contribution is -2.26. The molecule has 6 heteroatoms. The molecule has 6 nitrogen and oxygen atoms in total. The number of para-hydroxylation sites is 1. The fourth-order valence-electron chi connectivity index (χ4n) is 3.30. The number of hydrogen-bond donors (Lipinski definition) is 2. The number of aryl methyl sites for hydroxylation is 1. The van der Waals surface area contributed by atoms with Crippen LogP contribution in [0.15, 0.2) is 53.3 Å². The number of amides is 1. The molecule has 0 saturated heterocycles. The van der Waals surface area contributed by atoms with Crippen LogP contribution >= 0.6 is 0 Å². The second kappa shape index (κ2) is 8.17. The monoisotopic (exact) mass is 378 g/mol. The average molecular weight is 378 g/mol. The van der Waals surface area contributed by atoms with Gasteiger partial charge in [-0.3, -0.25) is 9.59 Å². The van der Waals surface area contributed by atoms with Crippen molar-refractivity contribution < 1.29 is 14.3 Å². The molecule has 3 aromatic rings. The van der Waals surface area contributed by atoms with E-state index in [-0.39, 0.29) is 18.0 Å². The smallest absolute Gasteiger partial charge is 0.253 e. The minimum atomic E-state index is -0.171. The Morgan fingerprint density at radius 1 is 1.04 bits per heavy atom. The highest BCUT2D eigenvalue weighted by molar-refractivity contribution is 5.79. The molecule has 1 aliphatic heterocycles. The predicted molar refractivity (Wildman–Crippen MR) is 107 cm³/mol. The van der Waals surface area contributed by atoms with Gasteiger partial charge in [-0.15, -0.1) is 0 Å². The van der Waals surface area contributed by atoms with E-state index in [1.54, 1.807) is 0 Å². The van der Waals surface area contributed by atoms with E-state index in [1.807, 2.05) is 48.5 Å². The van der Waals surface area contributed by atoms with Crippen LogP contribution in [0.3, 0.4) is 0 Å². The maximum atomic E-state index is 12.1. The second-order valence-corrected chi connectivity index (χ2v) is 6.82. The summed E-state index contributed by atoms with van der Waals surface area (Å²) in [5.41, 5.74) is 2.29. The fourth-order valence-corrected chi connectivity index (χ4v) is 3.30. The standard InChI is InChI=1S/C22H22N2O4/c25-21(7-3-4-15-8-9-19-20(12-15)28-11-10-27-19)23-14-17-13-16-5-1-2-6-18(16)24-22(17)26/h1-2,5-6,8-9,12-13H,3-4,7,10-11,14H2,(H,23,25)(H,24,26). The van der Waals surface area contributed by atoms with Crippen molar-refractivity contribution in [2.75, 3.05) is 13.2 Å². The number of H-pyrrole nitrogens is 1. The van der Waals surface area contributed by atoms with Gasteiger partial charge in [-0.05, 0) is 48.1 Å². The molecule has 0 atom stereocenters. The van der Waals surface area contributed by atoms with Crippen LogP contribution in [0.4, 0.5) is 0 Å². The van der Waals surface area contributed by atoms with E-state index in [0.29, 0.717) is 25.2 Å². The quantitative estimate of drug-likeness (QED) is 0.691. The van der Waals surface area contributed by atoms with Crippen molar-refractivity contribution in [2.45, 2.75) is 25.8 Å². The van der Waals surface area contributed by atoms with Crippen LogP contribution < -0.4 is 20.3 Å². The average Bonchev–Trinajstić information content (AvgIpc) is 2.72. The van der Waals surface area contributed by atoms with Gasteiger partial charge in [0.25, 0.3) is 5.56 Å². The number of pyridine rings is 1. The Bertz CT molecular complexity index is 1060. The molecule has 4 rings (SSSR count). The van der Waals surface area contributed by atoms with Gasteiger partial charge in [0.2, 0.25) is 5.91 Å². The summed E-state index contributed by atoms with van der Waals surface area (Å²) in [5.74, 6) is 1.47. The van der Waals surface area contributed by atoms with Gasteiger partial charge in [-0.25, -0.2) is 0 Å². The van der Waals surface area contributed by atoms with Gasteiger partial charge in [0, 0.05) is 24.0 Å². The summed E-state index contributed by atoms with van der Waals surface area (Å²) >= 11 is 0. The molecule has 0 unspecified atom stereocenters. The Morgan fingerprint density at radius 2 is 1.86 bits per heavy atom. The third-order valence-electron chi connectivity index (χ3n) is 4.78. The number of ether oxygens (including phenoxy) is 2. The lowest BCUT2D eigenvalue weighted by Gasteiger charge is -2.18. The molecule has 0 radical (unpaired) electrons.